The quantitative estimate of drug-likeness (QED) is 0.675. The van der Waals surface area contributed by atoms with Crippen molar-refractivity contribution in [2.75, 3.05) is 17.6 Å². The standard InChI is InChI=1S/C18H16ClF3N2OS/c1-11-2-7-14(10-15(11)19)23-17(25)24-8-9-26-16(24)12-3-5-13(6-4-12)18(20,21)22/h2-7,10,16H,8-9H2,1H3,(H,23,25). The number of hydrogen-bond acceptors (Lipinski definition) is 2. The third-order valence-corrected chi connectivity index (χ3v) is 5.77. The third kappa shape index (κ3) is 4.10. The number of halogens is 4. The van der Waals surface area contributed by atoms with Gasteiger partial charge in [-0.05, 0) is 42.3 Å². The molecule has 26 heavy (non-hydrogen) atoms. The Hall–Kier alpha value is -1.86. The number of carbonyl (C=O) groups is 1. The second-order valence-electron chi connectivity index (χ2n) is 5.93. The predicted octanol–water partition coefficient (Wildman–Crippen LogP) is 5.95. The summed E-state index contributed by atoms with van der Waals surface area (Å²) in [6.45, 7) is 2.38. The molecule has 2 aromatic rings. The Morgan fingerprint density at radius 3 is 2.54 bits per heavy atom. The van der Waals surface area contributed by atoms with E-state index >= 15 is 0 Å². The molecule has 0 bridgehead atoms. The van der Waals surface area contributed by atoms with Crippen LogP contribution in [0.15, 0.2) is 42.5 Å². The van der Waals surface area contributed by atoms with E-state index in [9.17, 15) is 18.0 Å². The maximum atomic E-state index is 12.7. The molecule has 0 saturated carbocycles. The van der Waals surface area contributed by atoms with Crippen LogP contribution in [0.2, 0.25) is 5.02 Å². The first-order valence-electron chi connectivity index (χ1n) is 7.88. The van der Waals surface area contributed by atoms with Crippen LogP contribution < -0.4 is 5.32 Å². The average Bonchev–Trinajstić information content (AvgIpc) is 3.07. The van der Waals surface area contributed by atoms with E-state index in [4.69, 9.17) is 11.6 Å². The van der Waals surface area contributed by atoms with E-state index in [1.165, 1.54) is 23.9 Å². The van der Waals surface area contributed by atoms with Gasteiger partial charge in [0, 0.05) is 23.0 Å². The lowest BCUT2D eigenvalue weighted by Gasteiger charge is -2.25. The number of carbonyl (C=O) groups excluding carboxylic acids is 1. The molecule has 8 heteroatoms. The van der Waals surface area contributed by atoms with Crippen molar-refractivity contribution in [1.29, 1.82) is 0 Å². The lowest BCUT2D eigenvalue weighted by molar-refractivity contribution is -0.137. The van der Waals surface area contributed by atoms with Gasteiger partial charge >= 0.3 is 12.2 Å². The van der Waals surface area contributed by atoms with Crippen molar-refractivity contribution >= 4 is 35.1 Å². The van der Waals surface area contributed by atoms with Gasteiger partial charge in [-0.1, -0.05) is 29.8 Å². The number of nitrogens with zero attached hydrogens (tertiary/aromatic N) is 1. The zero-order valence-corrected chi connectivity index (χ0v) is 15.4. The molecule has 0 radical (unpaired) electrons. The van der Waals surface area contributed by atoms with Gasteiger partial charge in [0.1, 0.15) is 5.37 Å². The molecule has 1 unspecified atom stereocenters. The number of alkyl halides is 3. The number of thioether (sulfide) groups is 1. The largest absolute Gasteiger partial charge is 0.416 e. The molecular weight excluding hydrogens is 385 g/mol. The monoisotopic (exact) mass is 400 g/mol. The Morgan fingerprint density at radius 2 is 1.92 bits per heavy atom. The van der Waals surface area contributed by atoms with Gasteiger partial charge in [-0.2, -0.15) is 13.2 Å². The highest BCUT2D eigenvalue weighted by Gasteiger charge is 2.33. The molecule has 3 rings (SSSR count). The lowest BCUT2D eigenvalue weighted by atomic mass is 10.1. The molecule has 0 aromatic heterocycles. The highest BCUT2D eigenvalue weighted by atomic mass is 35.5. The minimum atomic E-state index is -4.37. The van der Waals surface area contributed by atoms with Crippen LogP contribution >= 0.6 is 23.4 Å². The summed E-state index contributed by atoms with van der Waals surface area (Å²) in [6.07, 6.45) is -4.37. The first kappa shape index (κ1) is 18.9. The van der Waals surface area contributed by atoms with Gasteiger partial charge in [-0.3, -0.25) is 0 Å². The molecule has 1 N–H and O–H groups in total. The van der Waals surface area contributed by atoms with Crippen molar-refractivity contribution < 1.29 is 18.0 Å². The van der Waals surface area contributed by atoms with Gasteiger partial charge in [-0.15, -0.1) is 11.8 Å². The number of rotatable bonds is 2. The molecule has 1 saturated heterocycles. The summed E-state index contributed by atoms with van der Waals surface area (Å²) in [5.41, 5.74) is 1.45. The minimum Gasteiger partial charge on any atom is -0.308 e. The van der Waals surface area contributed by atoms with Crippen molar-refractivity contribution in [3.63, 3.8) is 0 Å². The van der Waals surface area contributed by atoms with Crippen molar-refractivity contribution in [2.45, 2.75) is 18.5 Å². The van der Waals surface area contributed by atoms with Crippen molar-refractivity contribution in [3.05, 3.63) is 64.2 Å². The third-order valence-electron chi connectivity index (χ3n) is 4.10. The summed E-state index contributed by atoms with van der Waals surface area (Å²) in [4.78, 5) is 14.2. The lowest BCUT2D eigenvalue weighted by Crippen LogP contribution is -2.34. The number of hydrogen-bond donors (Lipinski definition) is 1. The van der Waals surface area contributed by atoms with Crippen LogP contribution in [0.4, 0.5) is 23.7 Å². The van der Waals surface area contributed by atoms with Crippen LogP contribution in [-0.4, -0.2) is 23.2 Å². The maximum absolute atomic E-state index is 12.7. The summed E-state index contributed by atoms with van der Waals surface area (Å²) >= 11 is 7.59. The molecular formula is C18H16ClF3N2OS. The summed E-state index contributed by atoms with van der Waals surface area (Å²) in [6, 6.07) is 9.88. The smallest absolute Gasteiger partial charge is 0.308 e. The van der Waals surface area contributed by atoms with Gasteiger partial charge in [0.15, 0.2) is 0 Å². The van der Waals surface area contributed by atoms with Crippen LogP contribution in [-0.2, 0) is 6.18 Å². The van der Waals surface area contributed by atoms with Crippen LogP contribution in [0.1, 0.15) is 22.1 Å². The van der Waals surface area contributed by atoms with E-state index in [1.807, 2.05) is 13.0 Å². The summed E-state index contributed by atoms with van der Waals surface area (Å²) in [7, 11) is 0. The number of nitrogens with one attached hydrogen (secondary N) is 1. The number of amides is 2. The van der Waals surface area contributed by atoms with Crippen LogP contribution in [0.5, 0.6) is 0 Å². The van der Waals surface area contributed by atoms with Crippen molar-refractivity contribution in [1.82, 2.24) is 4.90 Å². The van der Waals surface area contributed by atoms with Gasteiger partial charge in [0.2, 0.25) is 0 Å². The Labute approximate surface area is 158 Å². The van der Waals surface area contributed by atoms with E-state index in [-0.39, 0.29) is 11.4 Å². The summed E-state index contributed by atoms with van der Waals surface area (Å²) < 4.78 is 38.1. The van der Waals surface area contributed by atoms with Gasteiger partial charge in [-0.25, -0.2) is 4.79 Å². The molecule has 1 aliphatic rings. The number of urea groups is 1. The molecule has 2 amide bonds. The normalized spacial score (nSPS) is 17.4. The molecule has 0 aliphatic carbocycles. The Bertz CT molecular complexity index is 811. The van der Waals surface area contributed by atoms with E-state index in [0.717, 1.165) is 17.7 Å². The van der Waals surface area contributed by atoms with Gasteiger partial charge < -0.3 is 10.2 Å². The molecule has 2 aromatic carbocycles. The highest BCUT2D eigenvalue weighted by molar-refractivity contribution is 7.99. The van der Waals surface area contributed by atoms with Gasteiger partial charge in [0.05, 0.1) is 5.56 Å². The predicted molar refractivity (Wildman–Crippen MR) is 98.6 cm³/mol. The molecule has 0 spiro atoms. The van der Waals surface area contributed by atoms with E-state index in [1.54, 1.807) is 17.0 Å². The van der Waals surface area contributed by atoms with Crippen LogP contribution in [0.3, 0.4) is 0 Å². The number of benzene rings is 2. The summed E-state index contributed by atoms with van der Waals surface area (Å²) in [5.74, 6) is 0.716. The molecule has 1 heterocycles. The maximum Gasteiger partial charge on any atom is 0.416 e. The topological polar surface area (TPSA) is 32.3 Å². The highest BCUT2D eigenvalue weighted by Crippen LogP contribution is 2.39. The molecule has 1 fully saturated rings. The SMILES string of the molecule is Cc1ccc(NC(=O)N2CCSC2c2ccc(C(F)(F)F)cc2)cc1Cl. The Kier molecular flexibility index (Phi) is 5.39. The Morgan fingerprint density at radius 1 is 1.23 bits per heavy atom. The fourth-order valence-corrected chi connectivity index (χ4v) is 4.09. The summed E-state index contributed by atoms with van der Waals surface area (Å²) in [5, 5.41) is 3.03. The molecule has 138 valence electrons. The first-order chi connectivity index (χ1) is 12.3. The number of anilines is 1. The van der Waals surface area contributed by atoms with Crippen molar-refractivity contribution in [2.24, 2.45) is 0 Å². The fraction of sp³-hybridized carbons (Fsp3) is 0.278. The molecule has 3 nitrogen and oxygen atoms in total. The average molecular weight is 401 g/mol. The second-order valence-corrected chi connectivity index (χ2v) is 7.53. The van der Waals surface area contributed by atoms with Gasteiger partial charge in [0.25, 0.3) is 0 Å². The minimum absolute atomic E-state index is 0.306. The molecule has 1 atom stereocenters. The Balaban J connectivity index is 1.75. The first-order valence-corrected chi connectivity index (χ1v) is 9.31. The van der Waals surface area contributed by atoms with Crippen molar-refractivity contribution in [3.8, 4) is 0 Å². The van der Waals surface area contributed by atoms with E-state index < -0.39 is 11.7 Å². The number of aryl methyl sites for hydroxylation is 1. The molecule has 1 aliphatic heterocycles. The zero-order valence-electron chi connectivity index (χ0n) is 13.8. The van der Waals surface area contributed by atoms with Crippen LogP contribution in [0.25, 0.3) is 0 Å². The van der Waals surface area contributed by atoms with E-state index in [2.05, 4.69) is 5.32 Å². The fourth-order valence-electron chi connectivity index (χ4n) is 2.66. The second kappa shape index (κ2) is 7.40. The van der Waals surface area contributed by atoms with Crippen LogP contribution in [0, 0.1) is 6.92 Å². The van der Waals surface area contributed by atoms with E-state index in [0.29, 0.717) is 28.6 Å². The zero-order chi connectivity index (χ0) is 18.9.